The number of pyridine rings is 1. The number of aromatic nitrogens is 3. The molecule has 2 aliphatic rings. The molecular weight excluding hydrogens is 660 g/mol. The number of fused-ring (bicyclic) bond motifs is 1. The molecule has 0 bridgehead atoms. The Morgan fingerprint density at radius 1 is 1.13 bits per heavy atom. The maximum absolute atomic E-state index is 13.2. The number of ether oxygens (including phenoxy) is 1. The lowest BCUT2D eigenvalue weighted by molar-refractivity contribution is -0.182. The van der Waals surface area contributed by atoms with Crippen LogP contribution in [0.15, 0.2) is 18.2 Å². The van der Waals surface area contributed by atoms with Gasteiger partial charge < -0.3 is 25.7 Å². The Bertz CT molecular complexity index is 1580. The number of rotatable bonds is 10. The highest BCUT2D eigenvalue weighted by Crippen LogP contribution is 2.38. The number of likely N-dealkylation sites (tertiary alicyclic amines) is 1. The maximum atomic E-state index is 13.2. The predicted molar refractivity (Wildman–Crippen MR) is 162 cm³/mol. The molecule has 4 N–H and O–H groups in total. The summed E-state index contributed by atoms with van der Waals surface area (Å²) >= 11 is 13.1. The minimum Gasteiger partial charge on any atom is -0.471 e. The van der Waals surface area contributed by atoms with Crippen LogP contribution in [0.25, 0.3) is 11.2 Å². The number of hydrogen-bond donors (Lipinski definition) is 4. The average molecular weight is 693 g/mol. The molecule has 3 aromatic rings. The third-order valence-electron chi connectivity index (χ3n) is 8.24. The van der Waals surface area contributed by atoms with E-state index in [4.69, 9.17) is 27.9 Å². The highest BCUT2D eigenvalue weighted by molar-refractivity contribution is 6.39. The second kappa shape index (κ2) is 14.1. The lowest BCUT2D eigenvalue weighted by atomic mass is 9.85. The van der Waals surface area contributed by atoms with Crippen molar-refractivity contribution in [3.63, 3.8) is 0 Å². The van der Waals surface area contributed by atoms with Gasteiger partial charge in [-0.1, -0.05) is 29.3 Å². The summed E-state index contributed by atoms with van der Waals surface area (Å²) in [5.74, 6) is -2.58. The summed E-state index contributed by atoms with van der Waals surface area (Å²) in [5, 5.41) is 9.02. The molecule has 1 atom stereocenters. The molecule has 2 aromatic heterocycles. The van der Waals surface area contributed by atoms with Gasteiger partial charge in [-0.2, -0.15) is 23.1 Å². The van der Waals surface area contributed by atoms with E-state index in [0.717, 1.165) is 19.4 Å². The number of aromatic amines is 1. The molecule has 0 radical (unpaired) electrons. The molecule has 0 spiro atoms. The van der Waals surface area contributed by atoms with E-state index in [1.54, 1.807) is 12.1 Å². The molecule has 3 heterocycles. The van der Waals surface area contributed by atoms with Crippen LogP contribution in [0, 0.1) is 5.92 Å². The second-order valence-corrected chi connectivity index (χ2v) is 12.2. The summed E-state index contributed by atoms with van der Waals surface area (Å²) in [6, 6.07) is 3.84. The number of nitrogens with one attached hydrogen (secondary N) is 4. The number of carbonyl (C=O) groups excluding carboxylic acids is 2. The van der Waals surface area contributed by atoms with Crippen molar-refractivity contribution in [2.24, 2.45) is 5.92 Å². The first-order valence-electron chi connectivity index (χ1n) is 14.7. The number of anilines is 2. The largest absolute Gasteiger partial charge is 0.471 e. The van der Waals surface area contributed by atoms with Gasteiger partial charge in [0.05, 0.1) is 33.2 Å². The van der Waals surface area contributed by atoms with Gasteiger partial charge in [-0.15, -0.1) is 0 Å². The fourth-order valence-electron chi connectivity index (χ4n) is 5.73. The standard InChI is InChI=1S/C29H32Cl2F5N7O3/c1-43-10-2-3-20(43)26(45)37-12-14-4-9-18(30)23(22(14)31)40-28-39-19-11-17(27(41-24(19)42-28)46-13-21(32)33)25(44)38-16-7-5-15(6-8-16)29(34,35)36/h4,9,11,15-16,20-21H,2-3,5-8,10,12-13H2,1H3,(H,37,45)(H,38,44)(H2,39,40,41,42)/t15?,16?,20-/m0/s1. The Balaban J connectivity index is 1.33. The summed E-state index contributed by atoms with van der Waals surface area (Å²) in [5.41, 5.74) is 0.916. The van der Waals surface area contributed by atoms with Gasteiger partial charge in [-0.05, 0) is 69.8 Å². The number of nitrogens with zero attached hydrogens (tertiary/aromatic N) is 3. The van der Waals surface area contributed by atoms with Crippen molar-refractivity contribution in [3.05, 3.63) is 39.4 Å². The number of carbonyl (C=O) groups is 2. The molecule has 0 unspecified atom stereocenters. The topological polar surface area (TPSA) is 124 Å². The molecule has 17 heteroatoms. The van der Waals surface area contributed by atoms with E-state index in [1.165, 1.54) is 6.07 Å². The van der Waals surface area contributed by atoms with Crippen molar-refractivity contribution < 1.29 is 36.3 Å². The summed E-state index contributed by atoms with van der Waals surface area (Å²) < 4.78 is 70.3. The number of H-pyrrole nitrogens is 1. The summed E-state index contributed by atoms with van der Waals surface area (Å²) in [4.78, 5) is 39.2. The molecular formula is C29H32Cl2F5N7O3. The Kier molecular flexibility index (Phi) is 10.4. The lowest BCUT2D eigenvalue weighted by Gasteiger charge is -2.30. The van der Waals surface area contributed by atoms with E-state index >= 15 is 0 Å². The van der Waals surface area contributed by atoms with E-state index in [2.05, 4.69) is 30.9 Å². The zero-order chi connectivity index (χ0) is 33.2. The van der Waals surface area contributed by atoms with Crippen LogP contribution in [-0.4, -0.2) is 76.6 Å². The first kappa shape index (κ1) is 33.9. The van der Waals surface area contributed by atoms with Crippen LogP contribution in [0.4, 0.5) is 33.6 Å². The smallest absolute Gasteiger partial charge is 0.391 e. The van der Waals surface area contributed by atoms with Gasteiger partial charge in [0, 0.05) is 12.6 Å². The molecule has 1 aliphatic heterocycles. The molecule has 1 saturated carbocycles. The van der Waals surface area contributed by atoms with Crippen LogP contribution in [-0.2, 0) is 11.3 Å². The number of alkyl halides is 5. The Labute approximate surface area is 270 Å². The molecule has 46 heavy (non-hydrogen) atoms. The quantitative estimate of drug-likeness (QED) is 0.186. The van der Waals surface area contributed by atoms with Crippen molar-refractivity contribution in [2.75, 3.05) is 25.5 Å². The van der Waals surface area contributed by atoms with E-state index in [1.807, 2.05) is 11.9 Å². The number of hydrogen-bond acceptors (Lipinski definition) is 7. The van der Waals surface area contributed by atoms with Gasteiger partial charge in [0.2, 0.25) is 17.7 Å². The van der Waals surface area contributed by atoms with Crippen molar-refractivity contribution >= 4 is 57.8 Å². The molecule has 250 valence electrons. The number of benzene rings is 1. The summed E-state index contributed by atoms with van der Waals surface area (Å²) in [7, 11) is 1.90. The fourth-order valence-corrected chi connectivity index (χ4v) is 6.27. The van der Waals surface area contributed by atoms with Crippen LogP contribution < -0.4 is 20.7 Å². The van der Waals surface area contributed by atoms with Gasteiger partial charge >= 0.3 is 6.18 Å². The molecule has 1 aromatic carbocycles. The molecule has 1 aliphatic carbocycles. The Hall–Kier alpha value is -3.43. The number of halogens is 7. The summed E-state index contributed by atoms with van der Waals surface area (Å²) in [6.07, 6.45) is -5.50. The molecule has 10 nitrogen and oxygen atoms in total. The van der Waals surface area contributed by atoms with Crippen molar-refractivity contribution in [1.29, 1.82) is 0 Å². The third-order valence-corrected chi connectivity index (χ3v) is 8.99. The lowest BCUT2D eigenvalue weighted by Crippen LogP contribution is -2.41. The van der Waals surface area contributed by atoms with Gasteiger partial charge in [-0.25, -0.2) is 8.78 Å². The van der Waals surface area contributed by atoms with Crippen LogP contribution >= 0.6 is 23.2 Å². The first-order valence-corrected chi connectivity index (χ1v) is 15.5. The van der Waals surface area contributed by atoms with Gasteiger partial charge in [-0.3, -0.25) is 14.5 Å². The van der Waals surface area contributed by atoms with Crippen molar-refractivity contribution in [1.82, 2.24) is 30.5 Å². The van der Waals surface area contributed by atoms with Crippen molar-refractivity contribution in [3.8, 4) is 5.88 Å². The zero-order valence-corrected chi connectivity index (χ0v) is 26.1. The van der Waals surface area contributed by atoms with Crippen molar-refractivity contribution in [2.45, 2.75) is 69.8 Å². The molecule has 2 amide bonds. The minimum absolute atomic E-state index is 0.0188. The van der Waals surface area contributed by atoms with E-state index in [0.29, 0.717) is 5.56 Å². The molecule has 5 rings (SSSR count). The van der Waals surface area contributed by atoms with Crippen LogP contribution in [0.2, 0.25) is 10.0 Å². The zero-order valence-electron chi connectivity index (χ0n) is 24.6. The van der Waals surface area contributed by atoms with Crippen LogP contribution in [0.3, 0.4) is 0 Å². The van der Waals surface area contributed by atoms with Gasteiger partial charge in [0.1, 0.15) is 5.56 Å². The van der Waals surface area contributed by atoms with Crippen LogP contribution in [0.1, 0.15) is 54.4 Å². The van der Waals surface area contributed by atoms with E-state index < -0.39 is 43.0 Å². The average Bonchev–Trinajstić information content (AvgIpc) is 3.61. The Morgan fingerprint density at radius 2 is 1.87 bits per heavy atom. The normalized spacial score (nSPS) is 20.7. The number of likely N-dealkylation sites (N-methyl/N-ethyl adjacent to an activating group) is 1. The maximum Gasteiger partial charge on any atom is 0.391 e. The number of imidazole rings is 1. The SMILES string of the molecule is CN1CCC[C@H]1C(=O)NCc1ccc(Cl)c(Nc2nc3nc(OCC(F)F)c(C(=O)NC4CCC(C(F)(F)F)CC4)cc3[nH]2)c1Cl. The highest BCUT2D eigenvalue weighted by Gasteiger charge is 2.41. The van der Waals surface area contributed by atoms with Gasteiger partial charge in [0.25, 0.3) is 12.3 Å². The monoisotopic (exact) mass is 691 g/mol. The predicted octanol–water partition coefficient (Wildman–Crippen LogP) is 6.21. The Morgan fingerprint density at radius 3 is 2.52 bits per heavy atom. The molecule has 2 fully saturated rings. The van der Waals surface area contributed by atoms with E-state index in [-0.39, 0.29) is 82.6 Å². The summed E-state index contributed by atoms with van der Waals surface area (Å²) in [6.45, 7) is -0.0498. The number of amides is 2. The van der Waals surface area contributed by atoms with Crippen LogP contribution in [0.5, 0.6) is 5.88 Å². The highest BCUT2D eigenvalue weighted by atomic mass is 35.5. The fraction of sp³-hybridized carbons (Fsp3) is 0.517. The van der Waals surface area contributed by atoms with E-state index in [9.17, 15) is 31.5 Å². The van der Waals surface area contributed by atoms with Gasteiger partial charge in [0.15, 0.2) is 12.3 Å². The first-order chi connectivity index (χ1) is 21.8. The third kappa shape index (κ3) is 7.92. The molecule has 1 saturated heterocycles. The second-order valence-electron chi connectivity index (χ2n) is 11.4. The minimum atomic E-state index is -4.30.